The van der Waals surface area contributed by atoms with Gasteiger partial charge in [0, 0.05) is 18.5 Å². The Hall–Kier alpha value is -0.940. The number of nitrogens with one attached hydrogen (secondary N) is 1. The highest BCUT2D eigenvalue weighted by atomic mass is 32.1. The van der Waals surface area contributed by atoms with Crippen LogP contribution >= 0.6 is 11.3 Å². The van der Waals surface area contributed by atoms with Crippen LogP contribution in [0.5, 0.6) is 0 Å². The molecule has 0 radical (unpaired) electrons. The summed E-state index contributed by atoms with van der Waals surface area (Å²) < 4.78 is 0. The van der Waals surface area contributed by atoms with Crippen molar-refractivity contribution in [3.05, 3.63) is 16.1 Å². The van der Waals surface area contributed by atoms with Gasteiger partial charge in [0.25, 0.3) is 0 Å². The average Bonchev–Trinajstić information content (AvgIpc) is 2.70. The molecule has 0 aliphatic heterocycles. The predicted molar refractivity (Wildman–Crippen MR) is 69.2 cm³/mol. The van der Waals surface area contributed by atoms with E-state index in [9.17, 15) is 9.90 Å². The lowest BCUT2D eigenvalue weighted by atomic mass is 9.82. The van der Waals surface area contributed by atoms with Crippen molar-refractivity contribution in [3.63, 3.8) is 0 Å². The number of carboxylic acids is 1. The number of thiazole rings is 1. The Labute approximate surface area is 106 Å². The van der Waals surface area contributed by atoms with Crippen LogP contribution in [-0.2, 0) is 11.3 Å². The van der Waals surface area contributed by atoms with E-state index < -0.39 is 11.4 Å². The van der Waals surface area contributed by atoms with Crippen LogP contribution in [-0.4, -0.2) is 22.6 Å². The van der Waals surface area contributed by atoms with E-state index in [1.807, 2.05) is 26.2 Å². The largest absolute Gasteiger partial charge is 0.481 e. The van der Waals surface area contributed by atoms with Gasteiger partial charge >= 0.3 is 5.97 Å². The van der Waals surface area contributed by atoms with Crippen molar-refractivity contribution < 1.29 is 9.90 Å². The third-order valence-electron chi connectivity index (χ3n) is 3.24. The highest BCUT2D eigenvalue weighted by Crippen LogP contribution is 2.25. The molecule has 0 spiro atoms. The Bertz CT molecular complexity index is 372. The second-order valence-electron chi connectivity index (χ2n) is 4.25. The quantitative estimate of drug-likeness (QED) is 0.786. The van der Waals surface area contributed by atoms with Gasteiger partial charge in [-0.1, -0.05) is 13.8 Å². The third-order valence-corrected chi connectivity index (χ3v) is 4.07. The molecule has 1 aromatic heterocycles. The van der Waals surface area contributed by atoms with E-state index in [0.717, 1.165) is 10.7 Å². The van der Waals surface area contributed by atoms with Crippen LogP contribution in [0, 0.1) is 12.3 Å². The van der Waals surface area contributed by atoms with Crippen LogP contribution < -0.4 is 5.32 Å². The monoisotopic (exact) mass is 256 g/mol. The van der Waals surface area contributed by atoms with Gasteiger partial charge in [0.05, 0.1) is 16.1 Å². The number of rotatable bonds is 7. The molecule has 0 fully saturated rings. The second kappa shape index (κ2) is 6.12. The zero-order valence-electron chi connectivity index (χ0n) is 10.6. The minimum atomic E-state index is -0.718. The van der Waals surface area contributed by atoms with E-state index >= 15 is 0 Å². The average molecular weight is 256 g/mol. The van der Waals surface area contributed by atoms with Gasteiger partial charge in [0.2, 0.25) is 0 Å². The molecular formula is C12H20N2O2S. The molecule has 96 valence electrons. The van der Waals surface area contributed by atoms with E-state index in [1.165, 1.54) is 0 Å². The van der Waals surface area contributed by atoms with E-state index in [-0.39, 0.29) is 0 Å². The van der Waals surface area contributed by atoms with Gasteiger partial charge < -0.3 is 10.4 Å². The minimum Gasteiger partial charge on any atom is -0.481 e. The van der Waals surface area contributed by atoms with E-state index in [4.69, 9.17) is 0 Å². The molecular weight excluding hydrogens is 236 g/mol. The normalized spacial score (nSPS) is 11.7. The molecule has 1 heterocycles. The van der Waals surface area contributed by atoms with Crippen LogP contribution in [0.3, 0.4) is 0 Å². The first-order valence-electron chi connectivity index (χ1n) is 5.89. The topological polar surface area (TPSA) is 62.2 Å². The summed E-state index contributed by atoms with van der Waals surface area (Å²) in [7, 11) is 0. The maximum absolute atomic E-state index is 11.3. The van der Waals surface area contributed by atoms with Crippen LogP contribution in [0.1, 0.15) is 37.4 Å². The number of carboxylic acid groups (broad SMARTS) is 1. The molecule has 0 unspecified atom stereocenters. The summed E-state index contributed by atoms with van der Waals surface area (Å²) in [5, 5.41) is 15.5. The van der Waals surface area contributed by atoms with Gasteiger partial charge in [-0.15, -0.1) is 11.3 Å². The highest BCUT2D eigenvalue weighted by Gasteiger charge is 2.34. The van der Waals surface area contributed by atoms with Crippen molar-refractivity contribution in [2.75, 3.05) is 6.54 Å². The summed E-state index contributed by atoms with van der Waals surface area (Å²) >= 11 is 1.61. The molecule has 17 heavy (non-hydrogen) atoms. The number of hydrogen-bond donors (Lipinski definition) is 2. The smallest absolute Gasteiger partial charge is 0.310 e. The first-order chi connectivity index (χ1) is 8.04. The molecule has 5 heteroatoms. The predicted octanol–water partition coefficient (Wildman–Crippen LogP) is 2.43. The Kier molecular flexibility index (Phi) is 5.08. The summed E-state index contributed by atoms with van der Waals surface area (Å²) in [4.78, 5) is 15.6. The van der Waals surface area contributed by atoms with Gasteiger partial charge in [-0.2, -0.15) is 0 Å². The van der Waals surface area contributed by atoms with Crippen molar-refractivity contribution in [2.45, 2.75) is 40.2 Å². The fourth-order valence-corrected chi connectivity index (χ4v) is 2.41. The van der Waals surface area contributed by atoms with Gasteiger partial charge in [-0.05, 0) is 19.8 Å². The molecule has 0 amide bonds. The lowest BCUT2D eigenvalue weighted by molar-refractivity contribution is -0.149. The number of aliphatic carboxylic acids is 1. The highest BCUT2D eigenvalue weighted by molar-refractivity contribution is 7.09. The molecule has 0 atom stereocenters. The number of hydrogen-bond acceptors (Lipinski definition) is 4. The fourth-order valence-electron chi connectivity index (χ4n) is 1.80. The number of carbonyl (C=O) groups is 1. The fraction of sp³-hybridized carbons (Fsp3) is 0.667. The maximum atomic E-state index is 11.3. The lowest BCUT2D eigenvalue weighted by Crippen LogP contribution is -2.40. The zero-order chi connectivity index (χ0) is 12.9. The first-order valence-corrected chi connectivity index (χ1v) is 6.77. The maximum Gasteiger partial charge on any atom is 0.310 e. The molecule has 2 N–H and O–H groups in total. The molecule has 0 saturated carbocycles. The summed E-state index contributed by atoms with van der Waals surface area (Å²) in [5.74, 6) is -0.718. The Morgan fingerprint density at radius 1 is 1.53 bits per heavy atom. The molecule has 1 rings (SSSR count). The number of aromatic nitrogens is 1. The minimum absolute atomic E-state index is 0.492. The summed E-state index contributed by atoms with van der Waals surface area (Å²) in [5.41, 5.74) is 0.337. The van der Waals surface area contributed by atoms with E-state index in [1.54, 1.807) is 11.3 Å². The molecule has 4 nitrogen and oxygen atoms in total. The van der Waals surface area contributed by atoms with E-state index in [2.05, 4.69) is 10.3 Å². The summed E-state index contributed by atoms with van der Waals surface area (Å²) in [6.45, 7) is 6.94. The first kappa shape index (κ1) is 14.1. The standard InChI is InChI=1S/C12H20N2O2S/c1-4-12(5-2,11(15)16)8-13-6-10-7-17-9(3)14-10/h7,13H,4-6,8H2,1-3H3,(H,15,16). The Morgan fingerprint density at radius 2 is 2.18 bits per heavy atom. The van der Waals surface area contributed by atoms with Crippen molar-refractivity contribution in [2.24, 2.45) is 5.41 Å². The number of nitrogens with zero attached hydrogens (tertiary/aromatic N) is 1. The van der Waals surface area contributed by atoms with Gasteiger partial charge in [0.1, 0.15) is 0 Å². The van der Waals surface area contributed by atoms with Crippen molar-refractivity contribution in [1.82, 2.24) is 10.3 Å². The Morgan fingerprint density at radius 3 is 2.59 bits per heavy atom. The molecule has 1 aromatic rings. The van der Waals surface area contributed by atoms with E-state index in [0.29, 0.717) is 25.9 Å². The molecule has 0 saturated heterocycles. The molecule has 0 aliphatic rings. The molecule has 0 bridgehead atoms. The lowest BCUT2D eigenvalue weighted by Gasteiger charge is -2.26. The van der Waals surface area contributed by atoms with Gasteiger partial charge in [-0.3, -0.25) is 4.79 Å². The second-order valence-corrected chi connectivity index (χ2v) is 5.32. The van der Waals surface area contributed by atoms with Crippen molar-refractivity contribution >= 4 is 17.3 Å². The van der Waals surface area contributed by atoms with Gasteiger partial charge in [-0.25, -0.2) is 4.98 Å². The van der Waals surface area contributed by atoms with Crippen molar-refractivity contribution in [1.29, 1.82) is 0 Å². The molecule has 0 aromatic carbocycles. The third kappa shape index (κ3) is 3.51. The van der Waals surface area contributed by atoms with Crippen LogP contribution in [0.2, 0.25) is 0 Å². The van der Waals surface area contributed by atoms with Crippen LogP contribution in [0.15, 0.2) is 5.38 Å². The van der Waals surface area contributed by atoms with Crippen LogP contribution in [0.25, 0.3) is 0 Å². The van der Waals surface area contributed by atoms with Gasteiger partial charge in [0.15, 0.2) is 0 Å². The zero-order valence-corrected chi connectivity index (χ0v) is 11.4. The Balaban J connectivity index is 2.50. The number of aryl methyl sites for hydroxylation is 1. The summed E-state index contributed by atoms with van der Waals surface area (Å²) in [6.07, 6.45) is 1.28. The van der Waals surface area contributed by atoms with Crippen molar-refractivity contribution in [3.8, 4) is 0 Å². The SMILES string of the molecule is CCC(CC)(CNCc1csc(C)n1)C(=O)O. The van der Waals surface area contributed by atoms with Crippen LogP contribution in [0.4, 0.5) is 0 Å². The summed E-state index contributed by atoms with van der Waals surface area (Å²) in [6, 6.07) is 0. The molecule has 0 aliphatic carbocycles.